The van der Waals surface area contributed by atoms with Gasteiger partial charge in [-0.05, 0) is 64.2 Å². The van der Waals surface area contributed by atoms with E-state index in [1.807, 2.05) is 50.3 Å². The molecular weight excluding hydrogens is 328 g/mol. The van der Waals surface area contributed by atoms with Crippen LogP contribution < -0.4 is 10.6 Å². The number of anilines is 1. The van der Waals surface area contributed by atoms with E-state index in [9.17, 15) is 9.59 Å². The maximum atomic E-state index is 13.0. The first-order valence-electron chi connectivity index (χ1n) is 8.90. The molecule has 0 bridgehead atoms. The van der Waals surface area contributed by atoms with Gasteiger partial charge in [0.2, 0.25) is 0 Å². The largest absolute Gasteiger partial charge is 0.444 e. The number of aryl methyl sites for hydroxylation is 2. The van der Waals surface area contributed by atoms with Gasteiger partial charge in [0, 0.05) is 5.69 Å². The fourth-order valence-corrected chi connectivity index (χ4v) is 2.78. The minimum Gasteiger partial charge on any atom is -0.444 e. The van der Waals surface area contributed by atoms with Crippen molar-refractivity contribution in [2.75, 3.05) is 5.32 Å². The van der Waals surface area contributed by atoms with E-state index in [0.717, 1.165) is 35.2 Å². The third kappa shape index (κ3) is 5.48. The lowest BCUT2D eigenvalue weighted by Gasteiger charge is -2.25. The number of para-hydroxylation sites is 1. The number of benzene rings is 1. The molecule has 0 spiro atoms. The predicted molar refractivity (Wildman–Crippen MR) is 104 cm³/mol. The van der Waals surface area contributed by atoms with Gasteiger partial charge in [-0.1, -0.05) is 36.4 Å². The van der Waals surface area contributed by atoms with Crippen molar-refractivity contribution < 1.29 is 14.3 Å². The first-order valence-corrected chi connectivity index (χ1v) is 8.90. The summed E-state index contributed by atoms with van der Waals surface area (Å²) < 4.78 is 5.33. The molecule has 2 amide bonds. The number of allylic oxidation sites excluding steroid dienone is 2. The summed E-state index contributed by atoms with van der Waals surface area (Å²) in [6, 6.07) is 5.03. The highest BCUT2D eigenvalue weighted by Gasteiger charge is 2.27. The van der Waals surface area contributed by atoms with Gasteiger partial charge in [-0.3, -0.25) is 4.79 Å². The Morgan fingerprint density at radius 2 is 1.77 bits per heavy atom. The molecule has 1 atom stereocenters. The van der Waals surface area contributed by atoms with Crippen LogP contribution in [0.25, 0.3) is 0 Å². The quantitative estimate of drug-likeness (QED) is 0.839. The van der Waals surface area contributed by atoms with Crippen molar-refractivity contribution in [1.29, 1.82) is 0 Å². The normalized spacial score (nSPS) is 15.0. The Labute approximate surface area is 155 Å². The zero-order valence-corrected chi connectivity index (χ0v) is 16.2. The number of carbonyl (C=O) groups is 2. The van der Waals surface area contributed by atoms with E-state index >= 15 is 0 Å². The zero-order valence-electron chi connectivity index (χ0n) is 16.2. The molecule has 1 aliphatic rings. The molecular formula is C21H28N2O3. The molecule has 1 aliphatic carbocycles. The number of hydrogen-bond acceptors (Lipinski definition) is 3. The molecule has 5 nitrogen and oxygen atoms in total. The molecule has 1 aromatic rings. The predicted octanol–water partition coefficient (Wildman–Crippen LogP) is 4.41. The van der Waals surface area contributed by atoms with Crippen LogP contribution in [0.3, 0.4) is 0 Å². The lowest BCUT2D eigenvalue weighted by atomic mass is 9.99. The number of alkyl carbamates (subject to hydrolysis) is 1. The second-order valence-corrected chi connectivity index (χ2v) is 7.52. The molecule has 2 N–H and O–H groups in total. The van der Waals surface area contributed by atoms with Crippen LogP contribution in [0.2, 0.25) is 0 Å². The van der Waals surface area contributed by atoms with Crippen LogP contribution in [-0.2, 0) is 9.53 Å². The second-order valence-electron chi connectivity index (χ2n) is 7.52. The summed E-state index contributed by atoms with van der Waals surface area (Å²) in [6.07, 6.45) is 7.03. The number of rotatable bonds is 4. The number of carbonyl (C=O) groups excluding carboxylic acids is 2. The number of nitrogens with one attached hydrogen (secondary N) is 2. The molecule has 0 fully saturated rings. The monoisotopic (exact) mass is 356 g/mol. The zero-order chi connectivity index (χ0) is 19.3. The Kier molecular flexibility index (Phi) is 6.24. The molecule has 0 aliphatic heterocycles. The maximum Gasteiger partial charge on any atom is 0.408 e. The van der Waals surface area contributed by atoms with Crippen LogP contribution in [0.1, 0.15) is 44.7 Å². The summed E-state index contributed by atoms with van der Waals surface area (Å²) in [5, 5.41) is 5.67. The molecule has 1 unspecified atom stereocenters. The van der Waals surface area contributed by atoms with Crippen molar-refractivity contribution in [3.63, 3.8) is 0 Å². The molecule has 0 radical (unpaired) electrons. The van der Waals surface area contributed by atoms with Gasteiger partial charge in [-0.25, -0.2) is 4.79 Å². The van der Waals surface area contributed by atoms with Crippen LogP contribution >= 0.6 is 0 Å². The van der Waals surface area contributed by atoms with E-state index in [-0.39, 0.29) is 5.91 Å². The first kappa shape index (κ1) is 19.8. The van der Waals surface area contributed by atoms with Gasteiger partial charge in [0.05, 0.1) is 0 Å². The molecule has 0 saturated heterocycles. The molecule has 26 heavy (non-hydrogen) atoms. The van der Waals surface area contributed by atoms with Crippen molar-refractivity contribution in [2.45, 2.75) is 59.1 Å². The van der Waals surface area contributed by atoms with Crippen molar-refractivity contribution in [3.05, 3.63) is 53.1 Å². The molecule has 140 valence electrons. The third-order valence-electron chi connectivity index (χ3n) is 4.01. The van der Waals surface area contributed by atoms with E-state index in [4.69, 9.17) is 4.74 Å². The molecule has 2 rings (SSSR count). The lowest BCUT2D eigenvalue weighted by molar-refractivity contribution is -0.117. The van der Waals surface area contributed by atoms with Crippen molar-refractivity contribution in [3.8, 4) is 0 Å². The number of amides is 2. The van der Waals surface area contributed by atoms with Gasteiger partial charge in [-0.15, -0.1) is 0 Å². The Balaban J connectivity index is 2.22. The minimum absolute atomic E-state index is 0.286. The summed E-state index contributed by atoms with van der Waals surface area (Å²) >= 11 is 0. The number of ether oxygens (including phenoxy) is 1. The van der Waals surface area contributed by atoms with Crippen molar-refractivity contribution in [1.82, 2.24) is 5.32 Å². The standard InChI is InChI=1S/C21H28N2O3/c1-14-10-9-11-15(2)17(14)22-19(24)18(16-12-7-6-8-13-16)23-20(25)26-21(3,4)5/h7,9-13,18H,6,8H2,1-5H3,(H,22,24)(H,23,25). The fraction of sp³-hybridized carbons (Fsp3) is 0.429. The van der Waals surface area contributed by atoms with Crippen LogP contribution in [0.4, 0.5) is 10.5 Å². The highest BCUT2D eigenvalue weighted by atomic mass is 16.6. The summed E-state index contributed by atoms with van der Waals surface area (Å²) in [7, 11) is 0. The summed E-state index contributed by atoms with van der Waals surface area (Å²) in [6.45, 7) is 9.26. The summed E-state index contributed by atoms with van der Waals surface area (Å²) in [5.41, 5.74) is 2.86. The smallest absolute Gasteiger partial charge is 0.408 e. The van der Waals surface area contributed by atoms with Crippen LogP contribution in [0.5, 0.6) is 0 Å². The van der Waals surface area contributed by atoms with E-state index in [1.54, 1.807) is 20.8 Å². The third-order valence-corrected chi connectivity index (χ3v) is 4.01. The van der Waals surface area contributed by atoms with E-state index in [1.165, 1.54) is 0 Å². The van der Waals surface area contributed by atoms with E-state index in [0.29, 0.717) is 0 Å². The van der Waals surface area contributed by atoms with Gasteiger partial charge >= 0.3 is 6.09 Å². The fourth-order valence-electron chi connectivity index (χ4n) is 2.78. The Bertz CT molecular complexity index is 722. The van der Waals surface area contributed by atoms with Gasteiger partial charge in [0.15, 0.2) is 0 Å². The van der Waals surface area contributed by atoms with Crippen molar-refractivity contribution >= 4 is 17.7 Å². The van der Waals surface area contributed by atoms with Crippen molar-refractivity contribution in [2.24, 2.45) is 0 Å². The molecule has 0 heterocycles. The van der Waals surface area contributed by atoms with Gasteiger partial charge in [-0.2, -0.15) is 0 Å². The van der Waals surface area contributed by atoms with Gasteiger partial charge in [0.1, 0.15) is 11.6 Å². The minimum atomic E-state index is -0.805. The van der Waals surface area contributed by atoms with E-state index in [2.05, 4.69) is 10.6 Å². The SMILES string of the molecule is Cc1cccc(C)c1NC(=O)C(NC(=O)OC(C)(C)C)C1=CCCC=C1. The second kappa shape index (κ2) is 8.21. The lowest BCUT2D eigenvalue weighted by Crippen LogP contribution is -2.47. The van der Waals surface area contributed by atoms with Gasteiger partial charge in [0.25, 0.3) is 5.91 Å². The number of hydrogen-bond donors (Lipinski definition) is 2. The maximum absolute atomic E-state index is 13.0. The first-order chi connectivity index (χ1) is 12.2. The van der Waals surface area contributed by atoms with Crippen LogP contribution in [-0.4, -0.2) is 23.6 Å². The summed E-state index contributed by atoms with van der Waals surface area (Å²) in [4.78, 5) is 25.2. The Hall–Kier alpha value is -2.56. The van der Waals surface area contributed by atoms with E-state index < -0.39 is 17.7 Å². The molecule has 5 heteroatoms. The average Bonchev–Trinajstić information content (AvgIpc) is 2.55. The van der Waals surface area contributed by atoms with Gasteiger partial charge < -0.3 is 15.4 Å². The highest BCUT2D eigenvalue weighted by molar-refractivity contribution is 6.00. The molecule has 0 aromatic heterocycles. The summed E-state index contributed by atoms with van der Waals surface area (Å²) in [5.74, 6) is -0.286. The highest BCUT2D eigenvalue weighted by Crippen LogP contribution is 2.21. The molecule has 0 saturated carbocycles. The Morgan fingerprint density at radius 1 is 1.12 bits per heavy atom. The van der Waals surface area contributed by atoms with Crippen LogP contribution in [0, 0.1) is 13.8 Å². The Morgan fingerprint density at radius 3 is 2.31 bits per heavy atom. The topological polar surface area (TPSA) is 67.4 Å². The van der Waals surface area contributed by atoms with Crippen LogP contribution in [0.15, 0.2) is 42.0 Å². The molecule has 1 aromatic carbocycles. The average molecular weight is 356 g/mol.